The molecular formula is C21H27N5OS2. The molecule has 1 fully saturated rings. The molecule has 2 aliphatic carbocycles. The smallest absolute Gasteiger partial charge is 0.230 e. The van der Waals surface area contributed by atoms with Gasteiger partial charge in [0.1, 0.15) is 10.7 Å². The first-order chi connectivity index (χ1) is 14.1. The van der Waals surface area contributed by atoms with E-state index in [4.69, 9.17) is 4.98 Å². The Bertz CT molecular complexity index is 1070. The standard InChI is InChI=1S/C21H27N5OS2/c1-3-16-23-20-18(14-9-8-12(2)10-15(14)29-20)19-24-25-21(26(16)19)28-11-17(27)22-13-6-4-5-7-13/h12-13H,3-11H2,1-2H3,(H,22,27)/t12-/m0/s1. The summed E-state index contributed by atoms with van der Waals surface area (Å²) in [5, 5.41) is 14.1. The van der Waals surface area contributed by atoms with Gasteiger partial charge in [-0.15, -0.1) is 21.5 Å². The van der Waals surface area contributed by atoms with Gasteiger partial charge < -0.3 is 5.32 Å². The molecule has 0 bridgehead atoms. The van der Waals surface area contributed by atoms with Crippen molar-refractivity contribution >= 4 is 44.9 Å². The maximum atomic E-state index is 12.4. The van der Waals surface area contributed by atoms with E-state index in [1.165, 1.54) is 46.9 Å². The number of thioether (sulfide) groups is 1. The molecule has 5 rings (SSSR count). The van der Waals surface area contributed by atoms with Crippen LogP contribution in [0.4, 0.5) is 0 Å². The summed E-state index contributed by atoms with van der Waals surface area (Å²) < 4.78 is 2.08. The van der Waals surface area contributed by atoms with Crippen molar-refractivity contribution < 1.29 is 4.79 Å². The van der Waals surface area contributed by atoms with Crippen LogP contribution in [0.25, 0.3) is 15.9 Å². The van der Waals surface area contributed by atoms with Crippen molar-refractivity contribution in [2.45, 2.75) is 76.4 Å². The van der Waals surface area contributed by atoms with Crippen molar-refractivity contribution in [2.24, 2.45) is 5.92 Å². The molecule has 6 nitrogen and oxygen atoms in total. The van der Waals surface area contributed by atoms with E-state index in [0.717, 1.165) is 59.5 Å². The lowest BCUT2D eigenvalue weighted by atomic mass is 9.89. The quantitative estimate of drug-likeness (QED) is 0.616. The topological polar surface area (TPSA) is 72.2 Å². The Kier molecular flexibility index (Phi) is 5.24. The Morgan fingerprint density at radius 2 is 2.10 bits per heavy atom. The lowest BCUT2D eigenvalue weighted by molar-refractivity contribution is -0.119. The van der Waals surface area contributed by atoms with Crippen LogP contribution in [0.5, 0.6) is 0 Å². The third-order valence-corrected chi connectivity index (χ3v) is 8.28. The molecule has 8 heteroatoms. The van der Waals surface area contributed by atoms with E-state index >= 15 is 0 Å². The lowest BCUT2D eigenvalue weighted by Gasteiger charge is -2.17. The molecular weight excluding hydrogens is 402 g/mol. The number of rotatable bonds is 5. The van der Waals surface area contributed by atoms with Crippen LogP contribution in [0.1, 0.15) is 62.2 Å². The molecule has 3 aromatic heterocycles. The molecule has 1 saturated carbocycles. The average Bonchev–Trinajstić information content (AvgIpc) is 3.43. The van der Waals surface area contributed by atoms with Gasteiger partial charge in [0.15, 0.2) is 10.8 Å². The second kappa shape index (κ2) is 7.87. The normalized spacial score (nSPS) is 19.9. The summed E-state index contributed by atoms with van der Waals surface area (Å²) in [6.07, 6.45) is 8.92. The molecule has 0 saturated heterocycles. The number of carbonyl (C=O) groups excluding carboxylic acids is 1. The van der Waals surface area contributed by atoms with Crippen molar-refractivity contribution in [3.8, 4) is 0 Å². The summed E-state index contributed by atoms with van der Waals surface area (Å²) in [4.78, 5) is 19.9. The molecule has 0 spiro atoms. The van der Waals surface area contributed by atoms with Gasteiger partial charge in [0.05, 0.1) is 11.1 Å². The van der Waals surface area contributed by atoms with E-state index in [1.807, 2.05) is 11.3 Å². The molecule has 0 aliphatic heterocycles. The van der Waals surface area contributed by atoms with Crippen LogP contribution in [0.3, 0.4) is 0 Å². The van der Waals surface area contributed by atoms with Crippen LogP contribution in [-0.4, -0.2) is 37.3 Å². The molecule has 0 unspecified atom stereocenters. The Labute approximate surface area is 178 Å². The van der Waals surface area contributed by atoms with E-state index in [1.54, 1.807) is 0 Å². The molecule has 1 amide bonds. The molecule has 3 aromatic rings. The van der Waals surface area contributed by atoms with E-state index in [9.17, 15) is 4.79 Å². The highest BCUT2D eigenvalue weighted by molar-refractivity contribution is 7.99. The molecule has 2 aliphatic rings. The van der Waals surface area contributed by atoms with E-state index in [0.29, 0.717) is 11.8 Å². The zero-order valence-electron chi connectivity index (χ0n) is 17.0. The minimum absolute atomic E-state index is 0.0904. The predicted molar refractivity (Wildman–Crippen MR) is 118 cm³/mol. The summed E-state index contributed by atoms with van der Waals surface area (Å²) in [5.74, 6) is 2.17. The van der Waals surface area contributed by atoms with Gasteiger partial charge in [-0.3, -0.25) is 9.20 Å². The number of hydrogen-bond acceptors (Lipinski definition) is 6. The van der Waals surface area contributed by atoms with Gasteiger partial charge in [0.25, 0.3) is 0 Å². The first-order valence-corrected chi connectivity index (χ1v) is 12.5. The molecule has 29 heavy (non-hydrogen) atoms. The maximum absolute atomic E-state index is 12.4. The zero-order chi connectivity index (χ0) is 20.0. The Hall–Kier alpha value is -1.67. The second-order valence-corrected chi connectivity index (χ2v) is 10.4. The number of hydrogen-bond donors (Lipinski definition) is 1. The summed E-state index contributed by atoms with van der Waals surface area (Å²) in [6.45, 7) is 4.45. The number of fused-ring (bicyclic) bond motifs is 5. The van der Waals surface area contributed by atoms with Gasteiger partial charge in [-0.05, 0) is 43.6 Å². The number of carbonyl (C=O) groups is 1. The largest absolute Gasteiger partial charge is 0.353 e. The Morgan fingerprint density at radius 3 is 2.90 bits per heavy atom. The van der Waals surface area contributed by atoms with Crippen LogP contribution in [0.2, 0.25) is 0 Å². The summed E-state index contributed by atoms with van der Waals surface area (Å²) in [5.41, 5.74) is 2.34. The van der Waals surface area contributed by atoms with Crippen LogP contribution < -0.4 is 5.32 Å². The van der Waals surface area contributed by atoms with Gasteiger partial charge >= 0.3 is 0 Å². The molecule has 3 heterocycles. The minimum Gasteiger partial charge on any atom is -0.353 e. The molecule has 154 valence electrons. The monoisotopic (exact) mass is 429 g/mol. The SMILES string of the molecule is CCc1nc2sc3c(c2c2nnc(SCC(=O)NC4CCCC4)n12)CC[C@H](C)C3. The average molecular weight is 430 g/mol. The number of amides is 1. The molecule has 1 N–H and O–H groups in total. The molecule has 1 atom stereocenters. The van der Waals surface area contributed by atoms with E-state index in [-0.39, 0.29) is 5.91 Å². The summed E-state index contributed by atoms with van der Waals surface area (Å²) >= 11 is 3.30. The first-order valence-electron chi connectivity index (χ1n) is 10.7. The van der Waals surface area contributed by atoms with Crippen molar-refractivity contribution in [3.63, 3.8) is 0 Å². The second-order valence-electron chi connectivity index (χ2n) is 8.39. The summed E-state index contributed by atoms with van der Waals surface area (Å²) in [6, 6.07) is 0.352. The number of nitrogens with one attached hydrogen (secondary N) is 1. The fraction of sp³-hybridized carbons (Fsp3) is 0.619. The van der Waals surface area contributed by atoms with Gasteiger partial charge in [-0.2, -0.15) is 0 Å². The van der Waals surface area contributed by atoms with Gasteiger partial charge in [0.2, 0.25) is 5.91 Å². The number of aryl methyl sites for hydroxylation is 2. The summed E-state index contributed by atoms with van der Waals surface area (Å²) in [7, 11) is 0. The van der Waals surface area contributed by atoms with Crippen LogP contribution in [-0.2, 0) is 24.1 Å². The van der Waals surface area contributed by atoms with Gasteiger partial charge in [0, 0.05) is 17.3 Å². The molecule has 0 radical (unpaired) electrons. The van der Waals surface area contributed by atoms with E-state index in [2.05, 4.69) is 33.8 Å². The van der Waals surface area contributed by atoms with Crippen LogP contribution in [0, 0.1) is 5.92 Å². The van der Waals surface area contributed by atoms with Gasteiger partial charge in [-0.1, -0.05) is 38.5 Å². The highest BCUT2D eigenvalue weighted by Gasteiger charge is 2.25. The van der Waals surface area contributed by atoms with Crippen molar-refractivity contribution in [1.29, 1.82) is 0 Å². The number of nitrogens with zero attached hydrogens (tertiary/aromatic N) is 4. The lowest BCUT2D eigenvalue weighted by Crippen LogP contribution is -2.33. The minimum atomic E-state index is 0.0904. The predicted octanol–water partition coefficient (Wildman–Crippen LogP) is 4.18. The van der Waals surface area contributed by atoms with Crippen LogP contribution >= 0.6 is 23.1 Å². The zero-order valence-corrected chi connectivity index (χ0v) is 18.7. The molecule has 0 aromatic carbocycles. The van der Waals surface area contributed by atoms with E-state index < -0.39 is 0 Å². The van der Waals surface area contributed by atoms with Crippen molar-refractivity contribution in [1.82, 2.24) is 24.9 Å². The van der Waals surface area contributed by atoms with Crippen molar-refractivity contribution in [2.75, 3.05) is 5.75 Å². The number of thiophene rings is 1. The Balaban J connectivity index is 1.47. The third-order valence-electron chi connectivity index (χ3n) is 6.21. The van der Waals surface area contributed by atoms with Gasteiger partial charge in [-0.25, -0.2) is 4.98 Å². The number of aromatic nitrogens is 4. The van der Waals surface area contributed by atoms with Crippen LogP contribution in [0.15, 0.2) is 5.16 Å². The Morgan fingerprint density at radius 1 is 1.28 bits per heavy atom. The fourth-order valence-corrected chi connectivity index (χ4v) is 6.84. The first kappa shape index (κ1) is 19.3. The fourth-order valence-electron chi connectivity index (χ4n) is 4.68. The third kappa shape index (κ3) is 3.54. The highest BCUT2D eigenvalue weighted by atomic mass is 32.2. The van der Waals surface area contributed by atoms with Crippen molar-refractivity contribution in [3.05, 3.63) is 16.3 Å². The highest BCUT2D eigenvalue weighted by Crippen LogP contribution is 2.39. The maximum Gasteiger partial charge on any atom is 0.230 e.